The van der Waals surface area contributed by atoms with Gasteiger partial charge in [-0.2, -0.15) is 5.26 Å². The quantitative estimate of drug-likeness (QED) is 0.208. The van der Waals surface area contributed by atoms with Crippen LogP contribution in [0.4, 0.5) is 5.69 Å². The van der Waals surface area contributed by atoms with Crippen LogP contribution in [0.1, 0.15) is 5.56 Å². The van der Waals surface area contributed by atoms with Gasteiger partial charge in [0.05, 0.1) is 46.1 Å². The van der Waals surface area contributed by atoms with Crippen molar-refractivity contribution >= 4 is 49.3 Å². The highest BCUT2D eigenvalue weighted by Gasteiger charge is 2.20. The second-order valence-electron chi connectivity index (χ2n) is 10.4. The largest absolute Gasteiger partial charge is 0.307 e. The van der Waals surface area contributed by atoms with Gasteiger partial charge in [-0.1, -0.05) is 91.0 Å². The molecule has 0 fully saturated rings. The number of nitrogens with zero attached hydrogens (tertiary/aromatic N) is 4. The Morgan fingerprint density at radius 1 is 0.524 bits per heavy atom. The summed E-state index contributed by atoms with van der Waals surface area (Å²) in [6, 6.07) is 48.2. The van der Waals surface area contributed by atoms with Crippen LogP contribution in [0.5, 0.6) is 0 Å². The van der Waals surface area contributed by atoms with E-state index < -0.39 is 0 Å². The van der Waals surface area contributed by atoms with Crippen molar-refractivity contribution < 1.29 is 0 Å². The van der Waals surface area contributed by atoms with Gasteiger partial charge in [0.2, 0.25) is 0 Å². The average Bonchev–Trinajstić information content (AvgIpc) is 3.57. The van der Waals surface area contributed by atoms with Crippen LogP contribution in [0.15, 0.2) is 133 Å². The van der Waals surface area contributed by atoms with Gasteiger partial charge in [0.1, 0.15) is 0 Å². The molecule has 42 heavy (non-hydrogen) atoms. The van der Waals surface area contributed by atoms with Crippen LogP contribution in [0.25, 0.3) is 71.0 Å². The minimum absolute atomic E-state index is 0.458. The minimum Gasteiger partial charge on any atom is -0.307 e. The third-order valence-corrected chi connectivity index (χ3v) is 8.18. The molecule has 8 aromatic rings. The van der Waals surface area contributed by atoms with E-state index in [1.54, 1.807) is 12.1 Å². The summed E-state index contributed by atoms with van der Waals surface area (Å²) in [6.07, 6.45) is 0. The van der Waals surface area contributed by atoms with Crippen LogP contribution in [-0.4, -0.2) is 9.13 Å². The molecule has 0 N–H and O–H groups in total. The molecule has 0 amide bonds. The van der Waals surface area contributed by atoms with Crippen molar-refractivity contribution in [1.82, 2.24) is 9.13 Å². The van der Waals surface area contributed by atoms with E-state index in [2.05, 4.69) is 135 Å². The molecule has 194 valence electrons. The Labute approximate surface area is 242 Å². The van der Waals surface area contributed by atoms with Crippen molar-refractivity contribution in [3.05, 3.63) is 150 Å². The first-order valence-corrected chi connectivity index (χ1v) is 13.8. The zero-order chi connectivity index (χ0) is 28.2. The van der Waals surface area contributed by atoms with E-state index in [4.69, 9.17) is 6.57 Å². The first-order valence-electron chi connectivity index (χ1n) is 13.8. The summed E-state index contributed by atoms with van der Waals surface area (Å²) in [5, 5.41) is 14.8. The Balaban J connectivity index is 1.53. The molecule has 8 rings (SSSR count). The Morgan fingerprint density at radius 3 is 1.48 bits per heavy atom. The van der Waals surface area contributed by atoms with E-state index in [0.29, 0.717) is 11.3 Å². The summed E-state index contributed by atoms with van der Waals surface area (Å²) in [7, 11) is 0. The molecule has 0 bridgehead atoms. The number of fused-ring (bicyclic) bond motifs is 6. The molecule has 4 nitrogen and oxygen atoms in total. The fourth-order valence-corrected chi connectivity index (χ4v) is 6.37. The van der Waals surface area contributed by atoms with E-state index in [1.165, 1.54) is 21.5 Å². The summed E-state index contributed by atoms with van der Waals surface area (Å²) in [5.74, 6) is 0. The molecule has 0 spiro atoms. The van der Waals surface area contributed by atoms with Crippen molar-refractivity contribution in [3.8, 4) is 28.6 Å². The molecule has 0 radical (unpaired) electrons. The number of rotatable bonds is 3. The van der Waals surface area contributed by atoms with Crippen molar-refractivity contribution in [3.63, 3.8) is 0 Å². The van der Waals surface area contributed by atoms with Gasteiger partial charge >= 0.3 is 0 Å². The number of hydrogen-bond acceptors (Lipinski definition) is 1. The maximum atomic E-state index is 10.0. The number of para-hydroxylation sites is 4. The number of benzene rings is 6. The molecule has 0 saturated carbocycles. The van der Waals surface area contributed by atoms with E-state index in [0.717, 1.165) is 44.6 Å². The molecular formula is C38H22N4. The van der Waals surface area contributed by atoms with Gasteiger partial charge in [-0.25, -0.2) is 4.85 Å². The fraction of sp³-hybridized carbons (Fsp3) is 0. The third-order valence-electron chi connectivity index (χ3n) is 8.18. The summed E-state index contributed by atoms with van der Waals surface area (Å²) >= 11 is 0. The highest BCUT2D eigenvalue weighted by atomic mass is 15.1. The zero-order valence-corrected chi connectivity index (χ0v) is 22.5. The lowest BCUT2D eigenvalue weighted by Crippen LogP contribution is -2.04. The van der Waals surface area contributed by atoms with Gasteiger partial charge in [0, 0.05) is 27.1 Å². The maximum Gasteiger partial charge on any atom is 0.188 e. The van der Waals surface area contributed by atoms with Gasteiger partial charge in [0.15, 0.2) is 5.69 Å². The second kappa shape index (κ2) is 9.24. The van der Waals surface area contributed by atoms with Crippen LogP contribution in [-0.2, 0) is 0 Å². The molecule has 0 unspecified atom stereocenters. The minimum atomic E-state index is 0.458. The van der Waals surface area contributed by atoms with E-state index in [1.807, 2.05) is 6.07 Å². The molecule has 2 heterocycles. The number of aromatic nitrogens is 2. The lowest BCUT2D eigenvalue weighted by Gasteiger charge is -2.18. The number of nitriles is 1. The monoisotopic (exact) mass is 534 g/mol. The van der Waals surface area contributed by atoms with Gasteiger partial charge in [-0.15, -0.1) is 0 Å². The molecule has 2 aromatic heterocycles. The Kier molecular flexibility index (Phi) is 5.22. The molecule has 0 atom stereocenters. The first-order chi connectivity index (χ1) is 20.8. The standard InChI is InChI=1S/C38H22N4/c1-40-27-19-20-28(26(22-27)24-39)25-18-21-37(41-33-14-6-2-10-29(33)30-11-3-7-15-34(30)41)38(23-25)42-35-16-8-4-12-31(35)32-13-5-9-17-36(32)42/h2-23H. The molecule has 0 saturated heterocycles. The van der Waals surface area contributed by atoms with E-state index in [-0.39, 0.29) is 0 Å². The first kappa shape index (κ1) is 23.8. The van der Waals surface area contributed by atoms with Crippen LogP contribution in [0.2, 0.25) is 0 Å². The Morgan fingerprint density at radius 2 is 1.00 bits per heavy atom. The fourth-order valence-electron chi connectivity index (χ4n) is 6.37. The van der Waals surface area contributed by atoms with E-state index in [9.17, 15) is 5.26 Å². The molecule has 0 aliphatic rings. The molecule has 0 aliphatic carbocycles. The van der Waals surface area contributed by atoms with Crippen LogP contribution >= 0.6 is 0 Å². The topological polar surface area (TPSA) is 38.0 Å². The predicted octanol–water partition coefficient (Wildman–Crippen LogP) is 9.97. The maximum absolute atomic E-state index is 10.0. The van der Waals surface area contributed by atoms with Crippen molar-refractivity contribution in [2.75, 3.05) is 0 Å². The summed E-state index contributed by atoms with van der Waals surface area (Å²) in [6.45, 7) is 7.42. The summed E-state index contributed by atoms with van der Waals surface area (Å²) < 4.78 is 4.69. The highest BCUT2D eigenvalue weighted by Crippen LogP contribution is 2.40. The second-order valence-corrected chi connectivity index (χ2v) is 10.4. The molecule has 0 aliphatic heterocycles. The lowest BCUT2D eigenvalue weighted by molar-refractivity contribution is 1.10. The van der Waals surface area contributed by atoms with Gasteiger partial charge in [0.25, 0.3) is 0 Å². The van der Waals surface area contributed by atoms with Crippen LogP contribution < -0.4 is 0 Å². The third kappa shape index (κ3) is 3.40. The van der Waals surface area contributed by atoms with Gasteiger partial charge < -0.3 is 9.13 Å². The van der Waals surface area contributed by atoms with Crippen molar-refractivity contribution in [2.45, 2.75) is 0 Å². The van der Waals surface area contributed by atoms with Crippen molar-refractivity contribution in [2.24, 2.45) is 0 Å². The normalized spacial score (nSPS) is 11.3. The number of hydrogen-bond donors (Lipinski definition) is 0. The highest BCUT2D eigenvalue weighted by molar-refractivity contribution is 6.11. The molecule has 6 aromatic carbocycles. The Bertz CT molecular complexity index is 2340. The van der Waals surface area contributed by atoms with Crippen LogP contribution in [0, 0.1) is 17.9 Å². The Hall–Kier alpha value is -6.10. The summed E-state index contributed by atoms with van der Waals surface area (Å²) in [4.78, 5) is 3.54. The average molecular weight is 535 g/mol. The lowest BCUT2D eigenvalue weighted by atomic mass is 9.98. The molecular weight excluding hydrogens is 512 g/mol. The van der Waals surface area contributed by atoms with Gasteiger partial charge in [-0.05, 0) is 53.6 Å². The summed E-state index contributed by atoms with van der Waals surface area (Å²) in [5.41, 5.74) is 9.21. The van der Waals surface area contributed by atoms with Crippen molar-refractivity contribution in [1.29, 1.82) is 5.26 Å². The molecule has 4 heteroatoms. The zero-order valence-electron chi connectivity index (χ0n) is 22.5. The predicted molar refractivity (Wildman–Crippen MR) is 172 cm³/mol. The van der Waals surface area contributed by atoms with Crippen LogP contribution in [0.3, 0.4) is 0 Å². The smallest absolute Gasteiger partial charge is 0.188 e. The van der Waals surface area contributed by atoms with Gasteiger partial charge in [-0.3, -0.25) is 0 Å². The van der Waals surface area contributed by atoms with E-state index >= 15 is 0 Å². The SMILES string of the molecule is [C-]#[N+]c1ccc(-c2ccc(-n3c4ccccc4c4ccccc43)c(-n3c4ccccc4c4ccccc43)c2)c(C#N)c1.